The Balaban J connectivity index is 1.35. The third-order valence-corrected chi connectivity index (χ3v) is 5.91. The number of alkyl halides is 2. The average molecular weight is 402 g/mol. The highest BCUT2D eigenvalue weighted by atomic mass is 19.3. The predicted octanol–water partition coefficient (Wildman–Crippen LogP) is 2.86. The Morgan fingerprint density at radius 2 is 1.93 bits per heavy atom. The first-order valence-corrected chi connectivity index (χ1v) is 9.36. The molecule has 1 aliphatic heterocycles. The quantitative estimate of drug-likeness (QED) is 0.854. The van der Waals surface area contributed by atoms with Crippen LogP contribution in [-0.2, 0) is 10.2 Å². The molecule has 1 aromatic heterocycles. The molecule has 9 heteroatoms. The molecule has 2 aliphatic carbocycles. The number of fused-ring (bicyclic) bond motifs is 2. The lowest BCUT2D eigenvalue weighted by molar-refractivity contribution is -0.117. The second kappa shape index (κ2) is 6.01. The second-order valence-corrected chi connectivity index (χ2v) is 8.04. The number of hydrogen-bond acceptors (Lipinski definition) is 4. The first kappa shape index (κ1) is 18.1. The smallest absolute Gasteiger partial charge is 0.255 e. The zero-order valence-corrected chi connectivity index (χ0v) is 15.3. The van der Waals surface area contributed by atoms with Crippen molar-refractivity contribution < 1.29 is 22.8 Å². The van der Waals surface area contributed by atoms with Crippen LogP contribution in [-0.4, -0.2) is 45.7 Å². The van der Waals surface area contributed by atoms with Gasteiger partial charge in [-0.15, -0.1) is 0 Å². The van der Waals surface area contributed by atoms with Gasteiger partial charge in [0.05, 0.1) is 18.3 Å². The number of hydrogen-bond donors (Lipinski definition) is 1. The van der Waals surface area contributed by atoms with Gasteiger partial charge in [0.2, 0.25) is 11.9 Å². The minimum Gasteiger partial charge on any atom is -0.328 e. The maximum absolute atomic E-state index is 13.5. The number of carbonyl (C=O) groups excluding carboxylic acids is 2. The van der Waals surface area contributed by atoms with Gasteiger partial charge in [0, 0.05) is 23.9 Å². The van der Waals surface area contributed by atoms with Crippen molar-refractivity contribution in [2.45, 2.75) is 36.5 Å². The van der Waals surface area contributed by atoms with Crippen LogP contribution in [0.3, 0.4) is 0 Å². The summed E-state index contributed by atoms with van der Waals surface area (Å²) in [7, 11) is 0. The average Bonchev–Trinajstić information content (AvgIpc) is 3.58. The maximum Gasteiger partial charge on any atom is 0.255 e. The van der Waals surface area contributed by atoms with E-state index >= 15 is 0 Å². The number of nitrogens with one attached hydrogen (secondary N) is 1. The van der Waals surface area contributed by atoms with Crippen LogP contribution in [0.15, 0.2) is 30.6 Å². The van der Waals surface area contributed by atoms with Gasteiger partial charge in [-0.05, 0) is 30.0 Å². The summed E-state index contributed by atoms with van der Waals surface area (Å²) in [6, 6.07) is 4.96. The van der Waals surface area contributed by atoms with E-state index < -0.39 is 23.6 Å². The molecule has 1 N–H and O–H groups in total. The van der Waals surface area contributed by atoms with E-state index in [1.165, 1.54) is 4.90 Å². The number of nitrogens with zero attached hydrogens (tertiary/aromatic N) is 3. The molecule has 0 radical (unpaired) electrons. The normalized spacial score (nSPS) is 22.9. The van der Waals surface area contributed by atoms with Crippen molar-refractivity contribution in [2.75, 3.05) is 18.4 Å². The molecule has 1 atom stereocenters. The Bertz CT molecular complexity index is 1020. The minimum absolute atomic E-state index is 0.0441. The maximum atomic E-state index is 13.5. The third kappa shape index (κ3) is 3.14. The van der Waals surface area contributed by atoms with Gasteiger partial charge < -0.3 is 4.90 Å². The zero-order chi connectivity index (χ0) is 20.4. The summed E-state index contributed by atoms with van der Waals surface area (Å²) in [5.74, 6) is -4.88. The van der Waals surface area contributed by atoms with E-state index in [9.17, 15) is 22.8 Å². The van der Waals surface area contributed by atoms with Crippen molar-refractivity contribution in [3.05, 3.63) is 53.1 Å². The van der Waals surface area contributed by atoms with Crippen LogP contribution in [0.25, 0.3) is 0 Å². The Hall–Kier alpha value is -2.97. The van der Waals surface area contributed by atoms with Crippen LogP contribution in [0, 0.1) is 5.82 Å². The lowest BCUT2D eigenvalue weighted by atomic mass is 9.84. The molecular weight excluding hydrogens is 385 g/mol. The fraction of sp³-hybridized carbons (Fsp3) is 0.400. The van der Waals surface area contributed by atoms with Gasteiger partial charge in [-0.2, -0.15) is 0 Å². The van der Waals surface area contributed by atoms with Crippen LogP contribution >= 0.6 is 0 Å². The van der Waals surface area contributed by atoms with Crippen molar-refractivity contribution in [1.29, 1.82) is 0 Å². The van der Waals surface area contributed by atoms with E-state index in [4.69, 9.17) is 0 Å². The molecule has 5 rings (SSSR count). The van der Waals surface area contributed by atoms with Gasteiger partial charge in [-0.1, -0.05) is 12.1 Å². The van der Waals surface area contributed by atoms with Crippen LogP contribution in [0.4, 0.5) is 19.1 Å². The van der Waals surface area contributed by atoms with E-state index in [-0.39, 0.29) is 30.2 Å². The van der Waals surface area contributed by atoms with Crippen molar-refractivity contribution in [3.63, 3.8) is 0 Å². The number of halogens is 3. The summed E-state index contributed by atoms with van der Waals surface area (Å²) in [4.78, 5) is 34.0. The van der Waals surface area contributed by atoms with E-state index in [0.717, 1.165) is 30.8 Å². The van der Waals surface area contributed by atoms with Gasteiger partial charge in [0.15, 0.2) is 5.82 Å². The highest BCUT2D eigenvalue weighted by molar-refractivity contribution is 6.01. The van der Waals surface area contributed by atoms with Crippen molar-refractivity contribution >= 4 is 17.8 Å². The predicted molar refractivity (Wildman–Crippen MR) is 96.2 cm³/mol. The number of amides is 2. The molecule has 0 bridgehead atoms. The SMILES string of the molecule is O=C(CN1CC2(CC2)c2cc([C@@H]3CC3(F)F)ccc2C1=O)Nc1ncc(F)cn1. The molecule has 150 valence electrons. The summed E-state index contributed by atoms with van der Waals surface area (Å²) in [5, 5.41) is 2.44. The molecular formula is C20H17F3N4O2. The lowest BCUT2D eigenvalue weighted by Gasteiger charge is -2.34. The molecule has 0 unspecified atom stereocenters. The van der Waals surface area contributed by atoms with Crippen LogP contribution in [0.2, 0.25) is 0 Å². The second-order valence-electron chi connectivity index (χ2n) is 8.04. The minimum atomic E-state index is -2.66. The number of aromatic nitrogens is 2. The van der Waals surface area contributed by atoms with Gasteiger partial charge in [-0.25, -0.2) is 23.1 Å². The summed E-state index contributed by atoms with van der Waals surface area (Å²) < 4.78 is 39.8. The van der Waals surface area contributed by atoms with Gasteiger partial charge in [0.25, 0.3) is 11.8 Å². The van der Waals surface area contributed by atoms with E-state index in [0.29, 0.717) is 17.7 Å². The van der Waals surface area contributed by atoms with Crippen LogP contribution in [0.5, 0.6) is 0 Å². The summed E-state index contributed by atoms with van der Waals surface area (Å²) in [6.45, 7) is 0.171. The van der Waals surface area contributed by atoms with E-state index in [1.54, 1.807) is 18.2 Å². The summed E-state index contributed by atoms with van der Waals surface area (Å²) in [6.07, 6.45) is 3.41. The molecule has 1 aromatic carbocycles. The number of rotatable bonds is 4. The van der Waals surface area contributed by atoms with Crippen LogP contribution < -0.4 is 5.32 Å². The van der Waals surface area contributed by atoms with E-state index in [2.05, 4.69) is 15.3 Å². The van der Waals surface area contributed by atoms with Crippen LogP contribution in [0.1, 0.15) is 46.7 Å². The Kier molecular flexibility index (Phi) is 3.75. The van der Waals surface area contributed by atoms with Gasteiger partial charge in [0.1, 0.15) is 6.54 Å². The lowest BCUT2D eigenvalue weighted by Crippen LogP contribution is -2.46. The fourth-order valence-electron chi connectivity index (χ4n) is 4.09. The fourth-order valence-corrected chi connectivity index (χ4v) is 4.09. The third-order valence-electron chi connectivity index (χ3n) is 5.91. The van der Waals surface area contributed by atoms with Crippen molar-refractivity contribution in [2.24, 2.45) is 0 Å². The molecule has 29 heavy (non-hydrogen) atoms. The first-order chi connectivity index (χ1) is 13.8. The molecule has 3 aliphatic rings. The number of anilines is 1. The molecule has 1 spiro atoms. The Labute approximate surface area is 164 Å². The first-order valence-electron chi connectivity index (χ1n) is 9.36. The Morgan fingerprint density at radius 3 is 2.55 bits per heavy atom. The monoisotopic (exact) mass is 402 g/mol. The molecule has 2 amide bonds. The Morgan fingerprint density at radius 1 is 1.24 bits per heavy atom. The zero-order valence-electron chi connectivity index (χ0n) is 15.3. The number of benzene rings is 1. The van der Waals surface area contributed by atoms with E-state index in [1.807, 2.05) is 0 Å². The standard InChI is InChI=1S/C20H17F3N4O2/c21-12-7-24-18(25-8-12)26-16(28)9-27-10-19(3-4-19)14-5-11(15-6-20(15,22)23)1-2-13(14)17(27)29/h1-2,5,7-8,15H,3-4,6,9-10H2,(H,24,25,26,28)/t15-/m0/s1. The molecule has 2 saturated carbocycles. The highest BCUT2D eigenvalue weighted by Crippen LogP contribution is 2.58. The molecule has 2 fully saturated rings. The molecule has 2 aromatic rings. The highest BCUT2D eigenvalue weighted by Gasteiger charge is 2.58. The molecule has 0 saturated heterocycles. The van der Waals surface area contributed by atoms with Gasteiger partial charge >= 0.3 is 0 Å². The molecule has 2 heterocycles. The molecule has 6 nitrogen and oxygen atoms in total. The number of carbonyl (C=O) groups is 2. The largest absolute Gasteiger partial charge is 0.328 e. The summed E-state index contributed by atoms with van der Waals surface area (Å²) in [5.41, 5.74) is 1.59. The van der Waals surface area contributed by atoms with Crippen molar-refractivity contribution in [1.82, 2.24) is 14.9 Å². The topological polar surface area (TPSA) is 75.2 Å². The van der Waals surface area contributed by atoms with Gasteiger partial charge in [-0.3, -0.25) is 14.9 Å². The summed E-state index contributed by atoms with van der Waals surface area (Å²) >= 11 is 0. The van der Waals surface area contributed by atoms with Crippen molar-refractivity contribution in [3.8, 4) is 0 Å².